The van der Waals surface area contributed by atoms with E-state index in [1.165, 1.54) is 0 Å². The fourth-order valence-corrected chi connectivity index (χ4v) is 2.74. The zero-order valence-electron chi connectivity index (χ0n) is 10.8. The number of halogens is 2. The zero-order chi connectivity index (χ0) is 14.8. The normalized spacial score (nSPS) is 11.0. The molecule has 0 aliphatic rings. The molecule has 0 unspecified atom stereocenters. The van der Waals surface area contributed by atoms with Crippen LogP contribution in [0.3, 0.4) is 0 Å². The van der Waals surface area contributed by atoms with Crippen LogP contribution in [-0.2, 0) is 11.3 Å². The van der Waals surface area contributed by atoms with Crippen LogP contribution < -0.4 is 5.32 Å². The van der Waals surface area contributed by atoms with Gasteiger partial charge in [0.2, 0.25) is 0 Å². The van der Waals surface area contributed by atoms with Crippen molar-refractivity contribution in [2.24, 2.45) is 0 Å². The van der Waals surface area contributed by atoms with Crippen LogP contribution in [0.2, 0.25) is 10.2 Å². The molecule has 0 amide bonds. The molecule has 6 nitrogen and oxygen atoms in total. The molecule has 21 heavy (non-hydrogen) atoms. The number of hydrogen-bond acceptors (Lipinski definition) is 7. The Bertz CT molecular complexity index is 794. The molecule has 0 bridgehead atoms. The van der Waals surface area contributed by atoms with E-state index in [1.807, 2.05) is 6.07 Å². The van der Waals surface area contributed by atoms with Crippen LogP contribution in [-0.4, -0.2) is 25.8 Å². The highest BCUT2D eigenvalue weighted by Gasteiger charge is 2.12. The summed E-state index contributed by atoms with van der Waals surface area (Å²) in [6.45, 7) is 0.269. The molecule has 0 spiro atoms. The molecule has 3 aromatic rings. The number of benzene rings is 1. The Morgan fingerprint density at radius 2 is 2.10 bits per heavy atom. The first-order valence-electron chi connectivity index (χ1n) is 5.87. The van der Waals surface area contributed by atoms with Crippen molar-refractivity contribution in [1.29, 1.82) is 0 Å². The minimum absolute atomic E-state index is 0.269. The van der Waals surface area contributed by atoms with Crippen molar-refractivity contribution in [1.82, 2.24) is 18.7 Å². The molecular formula is C12H9Cl2N5OS. The zero-order valence-corrected chi connectivity index (χ0v) is 13.1. The second-order valence-electron chi connectivity index (χ2n) is 4.10. The summed E-state index contributed by atoms with van der Waals surface area (Å²) in [5.74, 6) is 0.997. The van der Waals surface area contributed by atoms with E-state index < -0.39 is 0 Å². The van der Waals surface area contributed by atoms with E-state index >= 15 is 0 Å². The molecule has 9 heteroatoms. The fraction of sp³-hybridized carbons (Fsp3) is 0.167. The van der Waals surface area contributed by atoms with Crippen molar-refractivity contribution in [2.45, 2.75) is 6.61 Å². The van der Waals surface area contributed by atoms with Gasteiger partial charge in [-0.25, -0.2) is 9.97 Å². The molecule has 0 fully saturated rings. The Kier molecular flexibility index (Phi) is 4.16. The van der Waals surface area contributed by atoms with Gasteiger partial charge in [0.1, 0.15) is 28.6 Å². The number of hydrogen-bond donors (Lipinski definition) is 1. The van der Waals surface area contributed by atoms with Crippen molar-refractivity contribution < 1.29 is 4.74 Å². The summed E-state index contributed by atoms with van der Waals surface area (Å²) in [6.07, 6.45) is 0. The lowest BCUT2D eigenvalue weighted by Gasteiger charge is -2.09. The maximum atomic E-state index is 6.22. The first-order valence-corrected chi connectivity index (χ1v) is 7.36. The van der Waals surface area contributed by atoms with Crippen LogP contribution in [0.4, 0.5) is 11.5 Å². The minimum atomic E-state index is 0.269. The molecule has 0 aliphatic carbocycles. The van der Waals surface area contributed by atoms with E-state index in [0.717, 1.165) is 17.2 Å². The van der Waals surface area contributed by atoms with E-state index in [0.29, 0.717) is 33.0 Å². The van der Waals surface area contributed by atoms with Gasteiger partial charge in [0.15, 0.2) is 5.82 Å². The second-order valence-corrected chi connectivity index (χ2v) is 5.43. The number of anilines is 2. The number of fused-ring (bicyclic) bond motifs is 1. The summed E-state index contributed by atoms with van der Waals surface area (Å²) in [6, 6.07) is 5.18. The number of nitrogens with zero attached hydrogens (tertiary/aromatic N) is 4. The lowest BCUT2D eigenvalue weighted by Crippen LogP contribution is -2.02. The Balaban J connectivity index is 2.02. The van der Waals surface area contributed by atoms with Crippen molar-refractivity contribution in [3.8, 4) is 0 Å². The molecule has 0 saturated carbocycles. The molecular weight excluding hydrogens is 333 g/mol. The van der Waals surface area contributed by atoms with Gasteiger partial charge in [-0.05, 0) is 12.1 Å². The predicted octanol–water partition coefficient (Wildman–Crippen LogP) is 3.68. The van der Waals surface area contributed by atoms with Gasteiger partial charge in [0.05, 0.1) is 22.4 Å². The summed E-state index contributed by atoms with van der Waals surface area (Å²) in [5, 5.41) is 3.97. The third-order valence-corrected chi connectivity index (χ3v) is 3.70. The van der Waals surface area contributed by atoms with Gasteiger partial charge in [-0.1, -0.05) is 23.2 Å². The molecule has 0 atom stereocenters. The Morgan fingerprint density at radius 1 is 1.24 bits per heavy atom. The third kappa shape index (κ3) is 3.06. The topological polar surface area (TPSA) is 72.8 Å². The summed E-state index contributed by atoms with van der Waals surface area (Å²) >= 11 is 13.3. The first-order chi connectivity index (χ1) is 10.2. The minimum Gasteiger partial charge on any atom is -0.377 e. The first kappa shape index (κ1) is 14.4. The van der Waals surface area contributed by atoms with Crippen molar-refractivity contribution in [3.05, 3.63) is 34.2 Å². The lowest BCUT2D eigenvalue weighted by molar-refractivity contribution is 0.178. The summed E-state index contributed by atoms with van der Waals surface area (Å²) < 4.78 is 13.4. The van der Waals surface area contributed by atoms with Crippen LogP contribution in [0.1, 0.15) is 5.82 Å². The Hall–Kier alpha value is -1.54. The second kappa shape index (κ2) is 6.07. The van der Waals surface area contributed by atoms with Crippen LogP contribution in [0.15, 0.2) is 18.2 Å². The average molecular weight is 342 g/mol. The molecule has 1 N–H and O–H groups in total. The molecule has 108 valence electrons. The van der Waals surface area contributed by atoms with Gasteiger partial charge in [-0.15, -0.1) is 0 Å². The standard InChI is InChI=1S/C12H9Cl2N5OS/c1-20-5-10-15-8(14)4-9(16-10)17-11-6(13)2-3-7-12(11)19-21-18-7/h2-4H,5H2,1H3,(H,15,16,17). The van der Waals surface area contributed by atoms with E-state index in [-0.39, 0.29) is 6.61 Å². The Labute approximate surface area is 134 Å². The molecule has 0 aliphatic heterocycles. The molecule has 1 aromatic carbocycles. The molecule has 2 heterocycles. The van der Waals surface area contributed by atoms with Crippen LogP contribution >= 0.6 is 34.9 Å². The fourth-order valence-electron chi connectivity index (χ4n) is 1.80. The Morgan fingerprint density at radius 3 is 2.90 bits per heavy atom. The number of rotatable bonds is 4. The number of ether oxygens (including phenoxy) is 1. The van der Waals surface area contributed by atoms with E-state index in [2.05, 4.69) is 24.0 Å². The molecule has 2 aromatic heterocycles. The largest absolute Gasteiger partial charge is 0.377 e. The van der Waals surface area contributed by atoms with Gasteiger partial charge >= 0.3 is 0 Å². The summed E-state index contributed by atoms with van der Waals surface area (Å²) in [5.41, 5.74) is 2.10. The van der Waals surface area contributed by atoms with Crippen molar-refractivity contribution in [2.75, 3.05) is 12.4 Å². The number of methoxy groups -OCH3 is 1. The van der Waals surface area contributed by atoms with Crippen molar-refractivity contribution >= 4 is 57.5 Å². The monoisotopic (exact) mass is 341 g/mol. The van der Waals surface area contributed by atoms with Gasteiger partial charge in [-0.3, -0.25) is 0 Å². The van der Waals surface area contributed by atoms with Gasteiger partial charge in [0, 0.05) is 13.2 Å². The van der Waals surface area contributed by atoms with Crippen molar-refractivity contribution in [3.63, 3.8) is 0 Å². The lowest BCUT2D eigenvalue weighted by atomic mass is 10.2. The highest BCUT2D eigenvalue weighted by atomic mass is 35.5. The quantitative estimate of drug-likeness (QED) is 0.729. The molecule has 0 saturated heterocycles. The van der Waals surface area contributed by atoms with Crippen LogP contribution in [0, 0.1) is 0 Å². The predicted molar refractivity (Wildman–Crippen MR) is 83.5 cm³/mol. The maximum Gasteiger partial charge on any atom is 0.158 e. The smallest absolute Gasteiger partial charge is 0.158 e. The molecule has 3 rings (SSSR count). The molecule has 0 radical (unpaired) electrons. The SMILES string of the molecule is COCc1nc(Cl)cc(Nc2c(Cl)ccc3nsnc23)n1. The summed E-state index contributed by atoms with van der Waals surface area (Å²) in [7, 11) is 1.57. The van der Waals surface area contributed by atoms with E-state index in [1.54, 1.807) is 19.2 Å². The van der Waals surface area contributed by atoms with Gasteiger partial charge in [-0.2, -0.15) is 8.75 Å². The number of aromatic nitrogens is 4. The van der Waals surface area contributed by atoms with Crippen LogP contribution in [0.25, 0.3) is 11.0 Å². The summed E-state index contributed by atoms with van der Waals surface area (Å²) in [4.78, 5) is 8.39. The van der Waals surface area contributed by atoms with Gasteiger partial charge < -0.3 is 10.1 Å². The average Bonchev–Trinajstić information content (AvgIpc) is 2.90. The maximum absolute atomic E-state index is 6.22. The van der Waals surface area contributed by atoms with Crippen LogP contribution in [0.5, 0.6) is 0 Å². The number of nitrogens with one attached hydrogen (secondary N) is 1. The highest BCUT2D eigenvalue weighted by molar-refractivity contribution is 7.00. The highest BCUT2D eigenvalue weighted by Crippen LogP contribution is 2.32. The van der Waals surface area contributed by atoms with E-state index in [4.69, 9.17) is 27.9 Å². The third-order valence-electron chi connectivity index (χ3n) is 2.64. The van der Waals surface area contributed by atoms with E-state index in [9.17, 15) is 0 Å². The van der Waals surface area contributed by atoms with Gasteiger partial charge in [0.25, 0.3) is 0 Å².